The monoisotopic (exact) mass is 225 g/mol. The predicted octanol–water partition coefficient (Wildman–Crippen LogP) is 2.77. The summed E-state index contributed by atoms with van der Waals surface area (Å²) in [7, 11) is 0. The second-order valence-corrected chi connectivity index (χ2v) is 5.59. The van der Waals surface area contributed by atoms with Crippen molar-refractivity contribution in [2.75, 3.05) is 24.6 Å². The molecular weight excluding hydrogens is 202 g/mol. The van der Waals surface area contributed by atoms with Gasteiger partial charge in [-0.2, -0.15) is 0 Å². The molecule has 0 aromatic rings. The summed E-state index contributed by atoms with van der Waals surface area (Å²) in [5.74, 6) is 6.48. The Labute approximate surface area is 98.8 Å². The molecule has 86 valence electrons. The van der Waals surface area contributed by atoms with E-state index < -0.39 is 0 Å². The van der Waals surface area contributed by atoms with Crippen molar-refractivity contribution in [3.05, 3.63) is 0 Å². The average Bonchev–Trinajstić information content (AvgIpc) is 2.25. The Morgan fingerprint density at radius 1 is 1.40 bits per heavy atom. The van der Waals surface area contributed by atoms with Gasteiger partial charge in [-0.1, -0.05) is 32.1 Å². The maximum absolute atomic E-state index is 5.19. The van der Waals surface area contributed by atoms with Gasteiger partial charge in [0.2, 0.25) is 0 Å². The zero-order valence-electron chi connectivity index (χ0n) is 9.80. The fourth-order valence-electron chi connectivity index (χ4n) is 2.26. The Balaban J connectivity index is 1.97. The van der Waals surface area contributed by atoms with E-state index in [0.717, 1.165) is 29.9 Å². The molecule has 1 N–H and O–H groups in total. The molecule has 0 bridgehead atoms. The zero-order chi connectivity index (χ0) is 10.9. The molecule has 0 radical (unpaired) electrons. The quantitative estimate of drug-likeness (QED) is 0.551. The minimum absolute atomic E-state index is 0.849. The lowest BCUT2D eigenvalue weighted by Gasteiger charge is -2.28. The topological polar surface area (TPSA) is 12.0 Å². The second kappa shape index (κ2) is 8.07. The van der Waals surface area contributed by atoms with E-state index in [-0.39, 0.29) is 0 Å². The highest BCUT2D eigenvalue weighted by molar-refractivity contribution is 7.99. The van der Waals surface area contributed by atoms with Gasteiger partial charge in [-0.15, -0.1) is 18.2 Å². The first kappa shape index (κ1) is 12.9. The van der Waals surface area contributed by atoms with Gasteiger partial charge in [0.25, 0.3) is 0 Å². The Kier molecular flexibility index (Phi) is 6.96. The highest BCUT2D eigenvalue weighted by Crippen LogP contribution is 2.28. The summed E-state index contributed by atoms with van der Waals surface area (Å²) in [6.07, 6.45) is 10.9. The molecule has 0 saturated heterocycles. The zero-order valence-corrected chi connectivity index (χ0v) is 10.6. The summed E-state index contributed by atoms with van der Waals surface area (Å²) < 4.78 is 0. The lowest BCUT2D eigenvalue weighted by Crippen LogP contribution is -2.30. The van der Waals surface area contributed by atoms with Crippen LogP contribution in [0.2, 0.25) is 0 Å². The van der Waals surface area contributed by atoms with Crippen molar-refractivity contribution in [1.82, 2.24) is 5.32 Å². The summed E-state index contributed by atoms with van der Waals surface area (Å²) in [4.78, 5) is 0. The van der Waals surface area contributed by atoms with Gasteiger partial charge in [-0.3, -0.25) is 0 Å². The van der Waals surface area contributed by atoms with Crippen LogP contribution >= 0.6 is 11.8 Å². The summed E-state index contributed by atoms with van der Waals surface area (Å²) in [6, 6.07) is 0. The Hall–Kier alpha value is -0.130. The van der Waals surface area contributed by atoms with Gasteiger partial charge in [0.15, 0.2) is 0 Å². The molecule has 0 aromatic heterocycles. The molecule has 0 spiro atoms. The standard InChI is InChI=1S/C13H23NS/c1-3-9-15-10-8-14-11-13-7-5-4-6-12(13)2/h1,12-14H,4-11H2,2H3. The largest absolute Gasteiger partial charge is 0.316 e. The van der Waals surface area contributed by atoms with Crippen LogP contribution in [0.1, 0.15) is 32.6 Å². The van der Waals surface area contributed by atoms with E-state index in [1.807, 2.05) is 11.8 Å². The molecule has 0 heterocycles. The van der Waals surface area contributed by atoms with Crippen molar-refractivity contribution < 1.29 is 0 Å². The normalized spacial score (nSPS) is 26.1. The number of nitrogens with one attached hydrogen (secondary N) is 1. The Bertz CT molecular complexity index is 197. The summed E-state index contributed by atoms with van der Waals surface area (Å²) >= 11 is 1.84. The molecule has 2 heteroatoms. The van der Waals surface area contributed by atoms with Gasteiger partial charge in [0.1, 0.15) is 0 Å². The third-order valence-corrected chi connectivity index (χ3v) is 4.17. The molecular formula is C13H23NS. The lowest BCUT2D eigenvalue weighted by atomic mass is 9.80. The van der Waals surface area contributed by atoms with Gasteiger partial charge < -0.3 is 5.32 Å². The third kappa shape index (κ3) is 5.49. The molecule has 2 unspecified atom stereocenters. The fourth-order valence-corrected chi connectivity index (χ4v) is 2.81. The van der Waals surface area contributed by atoms with Crippen molar-refractivity contribution in [3.8, 4) is 12.3 Å². The van der Waals surface area contributed by atoms with Crippen LogP contribution in [0, 0.1) is 24.2 Å². The molecule has 0 aliphatic heterocycles. The van der Waals surface area contributed by atoms with Gasteiger partial charge >= 0.3 is 0 Å². The van der Waals surface area contributed by atoms with Crippen molar-refractivity contribution in [3.63, 3.8) is 0 Å². The predicted molar refractivity (Wildman–Crippen MR) is 70.1 cm³/mol. The van der Waals surface area contributed by atoms with E-state index in [1.54, 1.807) is 0 Å². The third-order valence-electron chi connectivity index (χ3n) is 3.30. The Morgan fingerprint density at radius 2 is 2.20 bits per heavy atom. The first-order valence-electron chi connectivity index (χ1n) is 6.06. The van der Waals surface area contributed by atoms with Gasteiger partial charge in [-0.05, 0) is 24.8 Å². The number of hydrogen-bond acceptors (Lipinski definition) is 2. The van der Waals surface area contributed by atoms with Crippen molar-refractivity contribution in [2.45, 2.75) is 32.6 Å². The van der Waals surface area contributed by atoms with E-state index in [1.165, 1.54) is 32.2 Å². The van der Waals surface area contributed by atoms with Crippen LogP contribution in [0.5, 0.6) is 0 Å². The van der Waals surface area contributed by atoms with E-state index in [4.69, 9.17) is 6.42 Å². The number of hydrogen-bond donors (Lipinski definition) is 1. The molecule has 1 nitrogen and oxygen atoms in total. The highest BCUT2D eigenvalue weighted by Gasteiger charge is 2.20. The number of thioether (sulfide) groups is 1. The SMILES string of the molecule is C#CCSCCNCC1CCCCC1C. The smallest absolute Gasteiger partial charge is 0.0545 e. The van der Waals surface area contributed by atoms with Crippen LogP contribution in [0.3, 0.4) is 0 Å². The molecule has 2 atom stereocenters. The maximum atomic E-state index is 5.19. The van der Waals surface area contributed by atoms with Gasteiger partial charge in [0.05, 0.1) is 5.75 Å². The maximum Gasteiger partial charge on any atom is 0.0545 e. The average molecular weight is 225 g/mol. The molecule has 0 aromatic carbocycles. The number of terminal acetylenes is 1. The first-order valence-corrected chi connectivity index (χ1v) is 7.22. The van der Waals surface area contributed by atoms with Crippen LogP contribution in [-0.4, -0.2) is 24.6 Å². The molecule has 1 fully saturated rings. The van der Waals surface area contributed by atoms with Crippen LogP contribution < -0.4 is 5.32 Å². The van der Waals surface area contributed by atoms with Crippen LogP contribution in [0.15, 0.2) is 0 Å². The van der Waals surface area contributed by atoms with Crippen molar-refractivity contribution in [1.29, 1.82) is 0 Å². The summed E-state index contributed by atoms with van der Waals surface area (Å²) in [6.45, 7) is 4.71. The summed E-state index contributed by atoms with van der Waals surface area (Å²) in [5.41, 5.74) is 0. The molecule has 0 amide bonds. The van der Waals surface area contributed by atoms with E-state index >= 15 is 0 Å². The molecule has 15 heavy (non-hydrogen) atoms. The first-order chi connectivity index (χ1) is 7.34. The number of rotatable bonds is 6. The van der Waals surface area contributed by atoms with Crippen LogP contribution in [-0.2, 0) is 0 Å². The highest BCUT2D eigenvalue weighted by atomic mass is 32.2. The van der Waals surface area contributed by atoms with E-state index in [2.05, 4.69) is 18.2 Å². The molecule has 1 saturated carbocycles. The second-order valence-electron chi connectivity index (χ2n) is 4.48. The summed E-state index contributed by atoms with van der Waals surface area (Å²) in [5, 5.41) is 3.55. The van der Waals surface area contributed by atoms with Crippen molar-refractivity contribution >= 4 is 11.8 Å². The minimum atomic E-state index is 0.849. The Morgan fingerprint density at radius 3 is 2.93 bits per heavy atom. The molecule has 1 aliphatic carbocycles. The van der Waals surface area contributed by atoms with Gasteiger partial charge in [-0.25, -0.2) is 0 Å². The van der Waals surface area contributed by atoms with Crippen LogP contribution in [0.4, 0.5) is 0 Å². The fraction of sp³-hybridized carbons (Fsp3) is 0.846. The van der Waals surface area contributed by atoms with Crippen LogP contribution in [0.25, 0.3) is 0 Å². The van der Waals surface area contributed by atoms with E-state index in [9.17, 15) is 0 Å². The van der Waals surface area contributed by atoms with Crippen molar-refractivity contribution in [2.24, 2.45) is 11.8 Å². The molecule has 1 aliphatic rings. The van der Waals surface area contributed by atoms with Gasteiger partial charge in [0, 0.05) is 12.3 Å². The lowest BCUT2D eigenvalue weighted by molar-refractivity contribution is 0.249. The molecule has 1 rings (SSSR count). The minimum Gasteiger partial charge on any atom is -0.316 e. The van der Waals surface area contributed by atoms with E-state index in [0.29, 0.717) is 0 Å².